The van der Waals surface area contributed by atoms with Crippen LogP contribution in [0.5, 0.6) is 0 Å². The number of carbonyl (C=O) groups excluding carboxylic acids is 3. The molecule has 1 N–H and O–H groups in total. The zero-order valence-corrected chi connectivity index (χ0v) is 15.4. The average molecular weight is 357 g/mol. The van der Waals surface area contributed by atoms with E-state index >= 15 is 0 Å². The highest BCUT2D eigenvalue weighted by Crippen LogP contribution is 2.26. The number of nitrogens with zero attached hydrogens (tertiary/aromatic N) is 2. The predicted molar refractivity (Wildman–Crippen MR) is 98.5 cm³/mol. The zero-order chi connectivity index (χ0) is 18.5. The molecule has 0 radical (unpaired) electrons. The van der Waals surface area contributed by atoms with E-state index in [1.165, 1.54) is 28.9 Å². The van der Waals surface area contributed by atoms with E-state index in [9.17, 15) is 14.4 Å². The van der Waals surface area contributed by atoms with Gasteiger partial charge < -0.3 is 15.1 Å². The van der Waals surface area contributed by atoms with Crippen LogP contribution in [-0.2, 0) is 27.2 Å². The first-order valence-electron chi connectivity index (χ1n) is 9.53. The molecule has 1 unspecified atom stereocenters. The molecule has 1 aromatic rings. The number of hydrogen-bond donors (Lipinski definition) is 1. The number of aryl methyl sites for hydroxylation is 2. The molecule has 1 heterocycles. The number of nitrogens with one attached hydrogen (secondary N) is 1. The van der Waals surface area contributed by atoms with Crippen molar-refractivity contribution in [2.45, 2.75) is 45.1 Å². The largest absolute Gasteiger partial charge is 0.342 e. The van der Waals surface area contributed by atoms with Gasteiger partial charge in [-0.1, -0.05) is 25.1 Å². The molecule has 6 nitrogen and oxygen atoms in total. The van der Waals surface area contributed by atoms with Crippen molar-refractivity contribution in [3.05, 3.63) is 34.9 Å². The smallest absolute Gasteiger partial charge is 0.312 e. The summed E-state index contributed by atoms with van der Waals surface area (Å²) >= 11 is 0. The first kappa shape index (κ1) is 18.4. The standard InChI is InChI=1S/C20H27N3O3/c1-2-18(17-8-7-15-5-3-4-6-16(15)13-17)21-19(25)20(26)23-11-9-22(14-24)10-12-23/h7-8,13-14,18H,2-6,9-12H2,1H3,(H,21,25). The Labute approximate surface area is 154 Å². The third-order valence-corrected chi connectivity index (χ3v) is 5.43. The first-order chi connectivity index (χ1) is 12.6. The van der Waals surface area contributed by atoms with Crippen LogP contribution in [0.4, 0.5) is 0 Å². The van der Waals surface area contributed by atoms with Crippen LogP contribution in [0.3, 0.4) is 0 Å². The average Bonchev–Trinajstić information content (AvgIpc) is 2.71. The van der Waals surface area contributed by atoms with Crippen molar-refractivity contribution in [1.82, 2.24) is 15.1 Å². The van der Waals surface area contributed by atoms with E-state index in [1.807, 2.05) is 6.92 Å². The van der Waals surface area contributed by atoms with Gasteiger partial charge in [0, 0.05) is 26.2 Å². The molecule has 26 heavy (non-hydrogen) atoms. The fraction of sp³-hybridized carbons (Fsp3) is 0.550. The number of carbonyl (C=O) groups is 3. The van der Waals surface area contributed by atoms with Crippen LogP contribution in [0, 0.1) is 0 Å². The predicted octanol–water partition coefficient (Wildman–Crippen LogP) is 1.43. The van der Waals surface area contributed by atoms with Crippen LogP contribution in [-0.4, -0.2) is 54.2 Å². The minimum atomic E-state index is -0.561. The van der Waals surface area contributed by atoms with Crippen molar-refractivity contribution in [1.29, 1.82) is 0 Å². The molecule has 1 saturated heterocycles. The van der Waals surface area contributed by atoms with Crippen molar-refractivity contribution in [3.8, 4) is 0 Å². The second-order valence-corrected chi connectivity index (χ2v) is 7.10. The maximum absolute atomic E-state index is 12.4. The topological polar surface area (TPSA) is 69.7 Å². The molecule has 1 atom stereocenters. The maximum Gasteiger partial charge on any atom is 0.312 e. The minimum Gasteiger partial charge on any atom is -0.342 e. The Kier molecular flexibility index (Phi) is 5.91. The number of hydrogen-bond acceptors (Lipinski definition) is 3. The lowest BCUT2D eigenvalue weighted by Gasteiger charge is -2.32. The second kappa shape index (κ2) is 8.34. The normalized spacial score (nSPS) is 18.0. The summed E-state index contributed by atoms with van der Waals surface area (Å²) in [5.41, 5.74) is 3.85. The highest BCUT2D eigenvalue weighted by Gasteiger charge is 2.27. The van der Waals surface area contributed by atoms with Crippen LogP contribution in [0.2, 0.25) is 0 Å². The van der Waals surface area contributed by atoms with Gasteiger partial charge in [0.25, 0.3) is 0 Å². The van der Waals surface area contributed by atoms with E-state index in [0.717, 1.165) is 31.2 Å². The van der Waals surface area contributed by atoms with Crippen LogP contribution in [0.1, 0.15) is 48.9 Å². The Morgan fingerprint density at radius 1 is 1.12 bits per heavy atom. The van der Waals surface area contributed by atoms with Crippen LogP contribution in [0.15, 0.2) is 18.2 Å². The van der Waals surface area contributed by atoms with Gasteiger partial charge in [0.2, 0.25) is 6.41 Å². The summed E-state index contributed by atoms with van der Waals surface area (Å²) in [6.07, 6.45) is 6.19. The number of amides is 3. The molecular formula is C20H27N3O3. The monoisotopic (exact) mass is 357 g/mol. The van der Waals surface area contributed by atoms with Crippen LogP contribution >= 0.6 is 0 Å². The van der Waals surface area contributed by atoms with Gasteiger partial charge in [-0.05, 0) is 48.8 Å². The molecule has 1 fully saturated rings. The molecule has 2 aliphatic rings. The van der Waals surface area contributed by atoms with E-state index in [0.29, 0.717) is 26.2 Å². The molecule has 3 amide bonds. The summed E-state index contributed by atoms with van der Waals surface area (Å²) in [4.78, 5) is 38.7. The number of benzene rings is 1. The van der Waals surface area contributed by atoms with E-state index < -0.39 is 11.8 Å². The molecule has 0 saturated carbocycles. The molecule has 1 aliphatic carbocycles. The maximum atomic E-state index is 12.4. The first-order valence-corrected chi connectivity index (χ1v) is 9.53. The fourth-order valence-electron chi connectivity index (χ4n) is 3.79. The zero-order valence-electron chi connectivity index (χ0n) is 15.4. The van der Waals surface area contributed by atoms with Crippen molar-refractivity contribution in [2.24, 2.45) is 0 Å². The van der Waals surface area contributed by atoms with E-state index in [4.69, 9.17) is 0 Å². The number of piperazine rings is 1. The Hall–Kier alpha value is -2.37. The van der Waals surface area contributed by atoms with Gasteiger partial charge in [-0.2, -0.15) is 0 Å². The lowest BCUT2D eigenvalue weighted by atomic mass is 9.89. The lowest BCUT2D eigenvalue weighted by Crippen LogP contribution is -2.52. The molecule has 140 valence electrons. The Bertz CT molecular complexity index is 681. The van der Waals surface area contributed by atoms with Gasteiger partial charge >= 0.3 is 11.8 Å². The van der Waals surface area contributed by atoms with Gasteiger partial charge in [0.05, 0.1) is 6.04 Å². The van der Waals surface area contributed by atoms with Crippen LogP contribution < -0.4 is 5.32 Å². The molecule has 1 aromatic carbocycles. The molecule has 3 rings (SSSR count). The van der Waals surface area contributed by atoms with Gasteiger partial charge in [0.1, 0.15) is 0 Å². The van der Waals surface area contributed by atoms with Gasteiger partial charge in [-0.25, -0.2) is 0 Å². The van der Waals surface area contributed by atoms with Gasteiger partial charge in [-0.15, -0.1) is 0 Å². The van der Waals surface area contributed by atoms with Crippen molar-refractivity contribution >= 4 is 18.2 Å². The summed E-state index contributed by atoms with van der Waals surface area (Å²) in [5, 5.41) is 2.90. The minimum absolute atomic E-state index is 0.157. The third kappa shape index (κ3) is 4.06. The highest BCUT2D eigenvalue weighted by molar-refractivity contribution is 6.35. The van der Waals surface area contributed by atoms with Crippen molar-refractivity contribution in [2.75, 3.05) is 26.2 Å². The quantitative estimate of drug-likeness (QED) is 0.655. The third-order valence-electron chi connectivity index (χ3n) is 5.43. The highest BCUT2D eigenvalue weighted by atomic mass is 16.2. The lowest BCUT2D eigenvalue weighted by molar-refractivity contribution is -0.147. The van der Waals surface area contributed by atoms with Gasteiger partial charge in [0.15, 0.2) is 0 Å². The van der Waals surface area contributed by atoms with Crippen molar-refractivity contribution < 1.29 is 14.4 Å². The SMILES string of the molecule is CCC(NC(=O)C(=O)N1CCN(C=O)CC1)c1ccc2c(c1)CCCC2. The molecule has 6 heteroatoms. The Balaban J connectivity index is 1.63. The Morgan fingerprint density at radius 2 is 1.81 bits per heavy atom. The van der Waals surface area contributed by atoms with E-state index in [2.05, 4.69) is 23.5 Å². The van der Waals surface area contributed by atoms with Gasteiger partial charge in [-0.3, -0.25) is 14.4 Å². The molecule has 0 aromatic heterocycles. The molecular weight excluding hydrogens is 330 g/mol. The summed E-state index contributed by atoms with van der Waals surface area (Å²) in [5.74, 6) is -1.07. The second-order valence-electron chi connectivity index (χ2n) is 7.10. The Morgan fingerprint density at radius 3 is 2.46 bits per heavy atom. The molecule has 1 aliphatic heterocycles. The molecule has 0 spiro atoms. The van der Waals surface area contributed by atoms with E-state index in [-0.39, 0.29) is 6.04 Å². The van der Waals surface area contributed by atoms with Crippen molar-refractivity contribution in [3.63, 3.8) is 0 Å². The summed E-state index contributed by atoms with van der Waals surface area (Å²) in [7, 11) is 0. The molecule has 0 bridgehead atoms. The number of fused-ring (bicyclic) bond motifs is 1. The summed E-state index contributed by atoms with van der Waals surface area (Å²) < 4.78 is 0. The fourth-order valence-corrected chi connectivity index (χ4v) is 3.79. The summed E-state index contributed by atoms with van der Waals surface area (Å²) in [6.45, 7) is 3.77. The number of rotatable bonds is 4. The van der Waals surface area contributed by atoms with E-state index in [1.54, 1.807) is 4.90 Å². The summed E-state index contributed by atoms with van der Waals surface area (Å²) in [6, 6.07) is 6.27. The van der Waals surface area contributed by atoms with Crippen LogP contribution in [0.25, 0.3) is 0 Å².